The van der Waals surface area contributed by atoms with E-state index in [2.05, 4.69) is 0 Å². The van der Waals surface area contributed by atoms with Gasteiger partial charge in [0.25, 0.3) is 0 Å². The van der Waals surface area contributed by atoms with E-state index >= 15 is 0 Å². The molecule has 0 bridgehead atoms. The smallest absolute Gasteiger partial charge is 0.418 e. The molecule has 0 fully saturated rings. The Morgan fingerprint density at radius 2 is 1.74 bits per heavy atom. The van der Waals surface area contributed by atoms with Crippen LogP contribution in [0, 0.1) is 0 Å². The summed E-state index contributed by atoms with van der Waals surface area (Å²) in [5.74, 6) is -1.91. The maximum absolute atomic E-state index is 14.0. The van der Waals surface area contributed by atoms with Crippen LogP contribution in [0.4, 0.5) is 16.2 Å². The van der Waals surface area contributed by atoms with Crippen LogP contribution < -0.4 is 9.80 Å². The molecule has 0 radical (unpaired) electrons. The highest BCUT2D eigenvalue weighted by molar-refractivity contribution is 6.31. The molecule has 3 amide bonds. The van der Waals surface area contributed by atoms with Crippen molar-refractivity contribution in [3.05, 3.63) is 70.4 Å². The van der Waals surface area contributed by atoms with Crippen LogP contribution in [0.5, 0.6) is 0 Å². The predicted octanol–water partition coefficient (Wildman–Crippen LogP) is 4.53. The van der Waals surface area contributed by atoms with Crippen LogP contribution in [-0.4, -0.2) is 36.6 Å². The summed E-state index contributed by atoms with van der Waals surface area (Å²) in [6.07, 6.45) is 0.487. The fraction of sp³-hybridized carbons (Fsp3) is 0.308. The fourth-order valence-corrected chi connectivity index (χ4v) is 4.75. The number of benzene rings is 2. The Balaban J connectivity index is 2.06. The Kier molecular flexibility index (Phi) is 5.97. The van der Waals surface area contributed by atoms with E-state index in [1.807, 2.05) is 0 Å². The van der Waals surface area contributed by atoms with Crippen LogP contribution in [0.3, 0.4) is 0 Å². The van der Waals surface area contributed by atoms with Gasteiger partial charge in [0.15, 0.2) is 0 Å². The Labute approximate surface area is 208 Å². The predicted molar refractivity (Wildman–Crippen MR) is 130 cm³/mol. The number of para-hydroxylation sites is 1. The van der Waals surface area contributed by atoms with Crippen molar-refractivity contribution in [1.82, 2.24) is 0 Å². The highest BCUT2D eigenvalue weighted by Gasteiger charge is 2.58. The molecule has 0 saturated carbocycles. The number of fused-ring (bicyclic) bond motifs is 3. The van der Waals surface area contributed by atoms with Crippen molar-refractivity contribution in [2.24, 2.45) is 0 Å². The van der Waals surface area contributed by atoms with E-state index in [9.17, 15) is 19.2 Å². The monoisotopic (exact) mass is 496 g/mol. The van der Waals surface area contributed by atoms with Crippen molar-refractivity contribution >= 4 is 46.9 Å². The first kappa shape index (κ1) is 24.5. The molecular weight excluding hydrogens is 472 g/mol. The summed E-state index contributed by atoms with van der Waals surface area (Å²) in [4.78, 5) is 55.4. The Bertz CT molecular complexity index is 1290. The van der Waals surface area contributed by atoms with Gasteiger partial charge in [-0.15, -0.1) is 0 Å². The molecule has 2 aliphatic rings. The molecule has 1 spiro atoms. The molecule has 0 aliphatic carbocycles. The first-order chi connectivity index (χ1) is 16.4. The van der Waals surface area contributed by atoms with E-state index in [4.69, 9.17) is 21.1 Å². The van der Waals surface area contributed by atoms with Crippen LogP contribution in [0.2, 0.25) is 5.02 Å². The van der Waals surface area contributed by atoms with Crippen molar-refractivity contribution in [1.29, 1.82) is 0 Å². The van der Waals surface area contributed by atoms with Gasteiger partial charge in [-0.1, -0.05) is 35.9 Å². The number of halogens is 1. The van der Waals surface area contributed by atoms with E-state index in [-0.39, 0.29) is 12.0 Å². The van der Waals surface area contributed by atoms with Crippen molar-refractivity contribution in [3.8, 4) is 0 Å². The molecule has 35 heavy (non-hydrogen) atoms. The number of anilines is 2. The van der Waals surface area contributed by atoms with E-state index in [1.54, 1.807) is 63.2 Å². The first-order valence-corrected chi connectivity index (χ1v) is 11.3. The zero-order chi connectivity index (χ0) is 25.7. The number of rotatable bonds is 1. The lowest BCUT2D eigenvalue weighted by Crippen LogP contribution is -2.47. The number of hydrogen-bond donors (Lipinski definition) is 0. The van der Waals surface area contributed by atoms with E-state index in [1.165, 1.54) is 25.1 Å². The van der Waals surface area contributed by atoms with Gasteiger partial charge < -0.3 is 9.47 Å². The Morgan fingerprint density at radius 1 is 1.06 bits per heavy atom. The van der Waals surface area contributed by atoms with Gasteiger partial charge in [0.1, 0.15) is 11.0 Å². The summed E-state index contributed by atoms with van der Waals surface area (Å²) in [5.41, 5.74) is -0.792. The van der Waals surface area contributed by atoms with Crippen LogP contribution >= 0.6 is 11.6 Å². The van der Waals surface area contributed by atoms with Crippen LogP contribution in [0.15, 0.2) is 54.2 Å². The molecule has 0 N–H and O–H groups in total. The summed E-state index contributed by atoms with van der Waals surface area (Å²) >= 11 is 6.27. The zero-order valence-electron chi connectivity index (χ0n) is 20.0. The van der Waals surface area contributed by atoms with Gasteiger partial charge >= 0.3 is 12.1 Å². The van der Waals surface area contributed by atoms with Crippen molar-refractivity contribution in [2.45, 2.75) is 45.1 Å². The second-order valence-corrected chi connectivity index (χ2v) is 9.85. The molecule has 2 heterocycles. The highest BCUT2D eigenvalue weighted by Crippen LogP contribution is 2.51. The van der Waals surface area contributed by atoms with Gasteiger partial charge in [-0.3, -0.25) is 14.5 Å². The maximum Gasteiger partial charge on any atom is 0.418 e. The van der Waals surface area contributed by atoms with Crippen LogP contribution in [-0.2, 0) is 35.7 Å². The van der Waals surface area contributed by atoms with E-state index < -0.39 is 34.9 Å². The van der Waals surface area contributed by atoms with Gasteiger partial charge in [0.05, 0.1) is 24.1 Å². The van der Waals surface area contributed by atoms with E-state index in [0.717, 1.165) is 4.90 Å². The molecule has 0 aromatic heterocycles. The lowest BCUT2D eigenvalue weighted by molar-refractivity contribution is -0.139. The summed E-state index contributed by atoms with van der Waals surface area (Å²) in [7, 11) is 1.19. The van der Waals surface area contributed by atoms with Gasteiger partial charge in [0, 0.05) is 18.1 Å². The minimum Gasteiger partial charge on any atom is -0.466 e. The largest absolute Gasteiger partial charge is 0.466 e. The highest BCUT2D eigenvalue weighted by atomic mass is 35.5. The van der Waals surface area contributed by atoms with Crippen molar-refractivity contribution in [2.75, 3.05) is 16.9 Å². The lowest BCUT2D eigenvalue weighted by atomic mass is 9.71. The molecule has 182 valence electrons. The van der Waals surface area contributed by atoms with Gasteiger partial charge in [-0.25, -0.2) is 14.5 Å². The number of carbonyl (C=O) groups is 4. The maximum atomic E-state index is 14.0. The summed E-state index contributed by atoms with van der Waals surface area (Å²) in [6, 6.07) is 11.7. The molecule has 2 aromatic rings. The number of hydrogen-bond acceptors (Lipinski definition) is 6. The molecule has 8 nitrogen and oxygen atoms in total. The Morgan fingerprint density at radius 3 is 2.37 bits per heavy atom. The van der Waals surface area contributed by atoms with Crippen LogP contribution in [0.1, 0.15) is 38.8 Å². The second kappa shape index (κ2) is 8.53. The SMILES string of the molecule is COC(=O)C1=CN(C(=O)OC(C)(C)C)c2cc(Cl)ccc2CC12C(=O)N(C(C)=O)c1ccccc12. The minimum atomic E-state index is -1.62. The van der Waals surface area contributed by atoms with Crippen molar-refractivity contribution < 1.29 is 28.7 Å². The van der Waals surface area contributed by atoms with Crippen molar-refractivity contribution in [3.63, 3.8) is 0 Å². The molecular formula is C26H25ClN2O6. The number of imide groups is 1. The zero-order valence-corrected chi connectivity index (χ0v) is 20.8. The third-order valence-corrected chi connectivity index (χ3v) is 6.20. The molecule has 9 heteroatoms. The topological polar surface area (TPSA) is 93.2 Å². The second-order valence-electron chi connectivity index (χ2n) is 9.42. The Hall–Kier alpha value is -3.65. The molecule has 2 aliphatic heterocycles. The minimum absolute atomic E-state index is 0.0145. The average molecular weight is 497 g/mol. The number of carbonyl (C=O) groups excluding carboxylic acids is 4. The number of methoxy groups -OCH3 is 1. The van der Waals surface area contributed by atoms with E-state index in [0.29, 0.717) is 27.5 Å². The molecule has 4 rings (SSSR count). The third kappa shape index (κ3) is 3.97. The van der Waals surface area contributed by atoms with Gasteiger partial charge in [0.2, 0.25) is 11.8 Å². The number of ether oxygens (including phenoxy) is 2. The number of amides is 3. The standard InChI is InChI=1S/C26H25ClN2O6/c1-15(30)29-20-9-7-6-8-18(20)26(23(29)32)13-16-10-11-17(27)12-21(16)28(14-19(26)22(31)34-5)24(33)35-25(2,3)4/h6-12,14H,13H2,1-5H3. The summed E-state index contributed by atoms with van der Waals surface area (Å²) < 4.78 is 10.7. The van der Waals surface area contributed by atoms with Gasteiger partial charge in [-0.2, -0.15) is 0 Å². The summed E-state index contributed by atoms with van der Waals surface area (Å²) in [5, 5.41) is 0.352. The van der Waals surface area contributed by atoms with Crippen LogP contribution in [0.25, 0.3) is 0 Å². The lowest BCUT2D eigenvalue weighted by Gasteiger charge is -2.29. The quantitative estimate of drug-likeness (QED) is 0.539. The number of nitrogens with zero attached hydrogens (tertiary/aromatic N) is 2. The molecule has 1 atom stereocenters. The summed E-state index contributed by atoms with van der Waals surface area (Å²) in [6.45, 7) is 6.44. The molecule has 0 saturated heterocycles. The molecule has 2 aromatic carbocycles. The third-order valence-electron chi connectivity index (χ3n) is 5.96. The fourth-order valence-electron chi connectivity index (χ4n) is 4.59. The van der Waals surface area contributed by atoms with Gasteiger partial charge in [-0.05, 0) is 56.5 Å². The number of esters is 1. The average Bonchev–Trinajstić information content (AvgIpc) is 2.92. The molecule has 1 unspecified atom stereocenters. The normalized spacial score (nSPS) is 19.0. The first-order valence-electron chi connectivity index (χ1n) is 11.0.